The summed E-state index contributed by atoms with van der Waals surface area (Å²) < 4.78 is 5.05. The highest BCUT2D eigenvalue weighted by atomic mass is 16.5. The summed E-state index contributed by atoms with van der Waals surface area (Å²) in [5, 5.41) is 8.88. The molecule has 1 aromatic rings. The van der Waals surface area contributed by atoms with Crippen LogP contribution in [0.1, 0.15) is 19.5 Å². The van der Waals surface area contributed by atoms with Gasteiger partial charge < -0.3 is 4.74 Å². The molecule has 0 radical (unpaired) electrons. The van der Waals surface area contributed by atoms with Gasteiger partial charge in [0, 0.05) is 12.3 Å². The molecule has 3 nitrogen and oxygen atoms in total. The summed E-state index contributed by atoms with van der Waals surface area (Å²) in [6, 6.07) is 5.73. The minimum Gasteiger partial charge on any atom is -0.497 e. The van der Waals surface area contributed by atoms with Crippen LogP contribution in [0.2, 0.25) is 0 Å². The van der Waals surface area contributed by atoms with Crippen LogP contribution in [0.5, 0.6) is 5.75 Å². The number of methoxy groups -OCH3 is 1. The van der Waals surface area contributed by atoms with Crippen molar-refractivity contribution in [3.8, 4) is 11.8 Å². The van der Waals surface area contributed by atoms with Gasteiger partial charge >= 0.3 is 0 Å². The lowest BCUT2D eigenvalue weighted by Gasteiger charge is -2.14. The van der Waals surface area contributed by atoms with E-state index in [1.54, 1.807) is 25.4 Å². The molecule has 0 bridgehead atoms. The molecule has 3 heteroatoms. The standard InChI is InChI=1S/C10H12N2O/c1-10(2,7-11)9-6-8(13-3)4-5-12-9/h4-6H,1-3H3. The van der Waals surface area contributed by atoms with Crippen LogP contribution in [-0.2, 0) is 5.41 Å². The molecule has 1 rings (SSSR count). The Morgan fingerprint density at radius 1 is 1.54 bits per heavy atom. The zero-order valence-corrected chi connectivity index (χ0v) is 8.03. The smallest absolute Gasteiger partial charge is 0.122 e. The Balaban J connectivity index is 3.10. The van der Waals surface area contributed by atoms with E-state index >= 15 is 0 Å². The number of nitriles is 1. The maximum absolute atomic E-state index is 8.88. The van der Waals surface area contributed by atoms with Crippen molar-refractivity contribution in [2.75, 3.05) is 7.11 Å². The van der Waals surface area contributed by atoms with E-state index in [0.29, 0.717) is 0 Å². The molecule has 0 amide bonds. The fourth-order valence-electron chi connectivity index (χ4n) is 0.937. The first-order valence-corrected chi connectivity index (χ1v) is 4.02. The van der Waals surface area contributed by atoms with E-state index < -0.39 is 5.41 Å². The molecular formula is C10H12N2O. The molecule has 13 heavy (non-hydrogen) atoms. The number of pyridine rings is 1. The average Bonchev–Trinajstić information content (AvgIpc) is 2.18. The first-order valence-electron chi connectivity index (χ1n) is 4.02. The molecule has 1 aromatic heterocycles. The molecule has 0 saturated heterocycles. The van der Waals surface area contributed by atoms with Gasteiger partial charge in [0.25, 0.3) is 0 Å². The normalized spacial score (nSPS) is 10.6. The number of hydrogen-bond donors (Lipinski definition) is 0. The quantitative estimate of drug-likeness (QED) is 0.691. The second-order valence-corrected chi connectivity index (χ2v) is 3.32. The summed E-state index contributed by atoms with van der Waals surface area (Å²) >= 11 is 0. The van der Waals surface area contributed by atoms with E-state index in [-0.39, 0.29) is 0 Å². The Kier molecular flexibility index (Phi) is 2.52. The van der Waals surface area contributed by atoms with Crippen molar-refractivity contribution in [3.05, 3.63) is 24.0 Å². The predicted molar refractivity (Wildman–Crippen MR) is 49.4 cm³/mol. The summed E-state index contributed by atoms with van der Waals surface area (Å²) in [7, 11) is 1.60. The number of hydrogen-bond acceptors (Lipinski definition) is 3. The van der Waals surface area contributed by atoms with Crippen molar-refractivity contribution in [2.24, 2.45) is 0 Å². The van der Waals surface area contributed by atoms with Gasteiger partial charge in [0.2, 0.25) is 0 Å². The van der Waals surface area contributed by atoms with Crippen molar-refractivity contribution in [1.82, 2.24) is 4.98 Å². The largest absolute Gasteiger partial charge is 0.497 e. The van der Waals surface area contributed by atoms with Crippen LogP contribution < -0.4 is 4.74 Å². The van der Waals surface area contributed by atoms with Crippen molar-refractivity contribution in [2.45, 2.75) is 19.3 Å². The van der Waals surface area contributed by atoms with Crippen molar-refractivity contribution in [3.63, 3.8) is 0 Å². The SMILES string of the molecule is COc1ccnc(C(C)(C)C#N)c1. The Bertz CT molecular complexity index is 339. The Labute approximate surface area is 78.0 Å². The highest BCUT2D eigenvalue weighted by Gasteiger charge is 2.21. The molecule has 68 valence electrons. The van der Waals surface area contributed by atoms with Crippen LogP contribution in [0.4, 0.5) is 0 Å². The first-order chi connectivity index (χ1) is 6.10. The first kappa shape index (κ1) is 9.53. The van der Waals surface area contributed by atoms with Gasteiger partial charge in [-0.25, -0.2) is 0 Å². The van der Waals surface area contributed by atoms with Gasteiger partial charge in [-0.1, -0.05) is 0 Å². The lowest BCUT2D eigenvalue weighted by atomic mass is 9.91. The maximum Gasteiger partial charge on any atom is 0.122 e. The molecule has 0 fully saturated rings. The second kappa shape index (κ2) is 3.44. The monoisotopic (exact) mass is 176 g/mol. The highest BCUT2D eigenvalue weighted by molar-refractivity contribution is 5.30. The third kappa shape index (κ3) is 1.97. The second-order valence-electron chi connectivity index (χ2n) is 3.32. The van der Waals surface area contributed by atoms with Gasteiger partial charge in [-0.05, 0) is 19.9 Å². The Morgan fingerprint density at radius 2 is 2.23 bits per heavy atom. The summed E-state index contributed by atoms with van der Waals surface area (Å²) in [5.41, 5.74) is 0.170. The van der Waals surface area contributed by atoms with E-state index in [9.17, 15) is 0 Å². The van der Waals surface area contributed by atoms with Gasteiger partial charge in [0.1, 0.15) is 5.75 Å². The molecule has 0 spiro atoms. The van der Waals surface area contributed by atoms with Crippen LogP contribution in [0, 0.1) is 11.3 Å². The fourth-order valence-corrected chi connectivity index (χ4v) is 0.937. The van der Waals surface area contributed by atoms with Crippen molar-refractivity contribution >= 4 is 0 Å². The Hall–Kier alpha value is -1.56. The van der Waals surface area contributed by atoms with E-state index in [0.717, 1.165) is 11.4 Å². The van der Waals surface area contributed by atoms with Gasteiger partial charge in [-0.3, -0.25) is 4.98 Å². The molecule has 0 atom stereocenters. The summed E-state index contributed by atoms with van der Waals surface area (Å²) in [6.07, 6.45) is 1.65. The number of nitrogens with zero attached hydrogens (tertiary/aromatic N) is 2. The summed E-state index contributed by atoms with van der Waals surface area (Å²) in [4.78, 5) is 4.13. The minimum absolute atomic E-state index is 0.561. The van der Waals surface area contributed by atoms with Crippen LogP contribution in [0.25, 0.3) is 0 Å². The minimum atomic E-state index is -0.561. The molecular weight excluding hydrogens is 164 g/mol. The third-order valence-electron chi connectivity index (χ3n) is 1.89. The van der Waals surface area contributed by atoms with Crippen LogP contribution in [-0.4, -0.2) is 12.1 Å². The van der Waals surface area contributed by atoms with E-state index in [2.05, 4.69) is 11.1 Å². The summed E-state index contributed by atoms with van der Waals surface area (Å²) in [5.74, 6) is 0.730. The topological polar surface area (TPSA) is 45.9 Å². The van der Waals surface area contributed by atoms with E-state index in [1.165, 1.54) is 0 Å². The molecule has 0 aromatic carbocycles. The molecule has 0 N–H and O–H groups in total. The Morgan fingerprint density at radius 3 is 2.77 bits per heavy atom. The fraction of sp³-hybridized carbons (Fsp3) is 0.400. The molecule has 1 heterocycles. The third-order valence-corrected chi connectivity index (χ3v) is 1.89. The molecule has 0 unspecified atom stereocenters. The molecule has 0 saturated carbocycles. The lowest BCUT2D eigenvalue weighted by Crippen LogP contribution is -2.15. The highest BCUT2D eigenvalue weighted by Crippen LogP contribution is 2.22. The van der Waals surface area contributed by atoms with Gasteiger partial charge in [0.05, 0.1) is 24.3 Å². The van der Waals surface area contributed by atoms with Crippen LogP contribution >= 0.6 is 0 Å². The van der Waals surface area contributed by atoms with Gasteiger partial charge in [0.15, 0.2) is 0 Å². The number of ether oxygens (including phenoxy) is 1. The average molecular weight is 176 g/mol. The zero-order chi connectivity index (χ0) is 9.90. The van der Waals surface area contributed by atoms with Crippen molar-refractivity contribution < 1.29 is 4.74 Å². The van der Waals surface area contributed by atoms with Crippen LogP contribution in [0.15, 0.2) is 18.3 Å². The number of rotatable bonds is 2. The molecule has 0 aliphatic heterocycles. The number of aromatic nitrogens is 1. The maximum atomic E-state index is 8.88. The van der Waals surface area contributed by atoms with Crippen molar-refractivity contribution in [1.29, 1.82) is 5.26 Å². The van der Waals surface area contributed by atoms with Gasteiger partial charge in [-0.2, -0.15) is 5.26 Å². The predicted octanol–water partition coefficient (Wildman–Crippen LogP) is 1.89. The summed E-state index contributed by atoms with van der Waals surface area (Å²) in [6.45, 7) is 3.66. The lowest BCUT2D eigenvalue weighted by molar-refractivity contribution is 0.412. The molecule has 0 aliphatic carbocycles. The van der Waals surface area contributed by atoms with Gasteiger partial charge in [-0.15, -0.1) is 0 Å². The van der Waals surface area contributed by atoms with Crippen LogP contribution in [0.3, 0.4) is 0 Å². The van der Waals surface area contributed by atoms with E-state index in [4.69, 9.17) is 10.00 Å². The van der Waals surface area contributed by atoms with E-state index in [1.807, 2.05) is 13.8 Å². The zero-order valence-electron chi connectivity index (χ0n) is 8.03. The molecule has 0 aliphatic rings.